The van der Waals surface area contributed by atoms with Crippen molar-refractivity contribution in [3.63, 3.8) is 0 Å². The van der Waals surface area contributed by atoms with Gasteiger partial charge in [-0.25, -0.2) is 4.98 Å². The number of hydrogen-bond acceptors (Lipinski definition) is 8. The van der Waals surface area contributed by atoms with E-state index in [1.54, 1.807) is 30.2 Å². The minimum atomic E-state index is -0.110. The lowest BCUT2D eigenvalue weighted by Gasteiger charge is -2.29. The molecule has 0 saturated carbocycles. The van der Waals surface area contributed by atoms with Crippen molar-refractivity contribution in [2.75, 3.05) is 64.6 Å². The van der Waals surface area contributed by atoms with E-state index in [1.807, 2.05) is 18.2 Å². The number of benzene rings is 2. The number of carbonyl (C=O) groups excluding carboxylic acids is 1. The Morgan fingerprint density at radius 1 is 1.09 bits per heavy atom. The largest absolute Gasteiger partial charge is 0.497 e. The number of anilines is 1. The fourth-order valence-corrected chi connectivity index (χ4v) is 4.84. The maximum absolute atomic E-state index is 13.6. The Labute approximate surface area is 190 Å². The van der Waals surface area contributed by atoms with Gasteiger partial charge in [0.2, 0.25) is 0 Å². The highest BCUT2D eigenvalue weighted by atomic mass is 32.1. The lowest BCUT2D eigenvalue weighted by molar-refractivity contribution is 0.0391. The summed E-state index contributed by atoms with van der Waals surface area (Å²) in [5.74, 6) is 1.93. The molecule has 0 radical (unpaired) electrons. The van der Waals surface area contributed by atoms with Gasteiger partial charge in [-0.1, -0.05) is 11.3 Å². The molecule has 0 bridgehead atoms. The van der Waals surface area contributed by atoms with Gasteiger partial charge < -0.3 is 18.9 Å². The lowest BCUT2D eigenvalue weighted by Crippen LogP contribution is -2.43. The molecule has 1 aromatic heterocycles. The van der Waals surface area contributed by atoms with E-state index in [1.165, 1.54) is 11.3 Å². The Morgan fingerprint density at radius 3 is 2.72 bits per heavy atom. The maximum atomic E-state index is 13.6. The number of thiazole rings is 1. The first kappa shape index (κ1) is 21.0. The van der Waals surface area contributed by atoms with Crippen molar-refractivity contribution in [2.45, 2.75) is 0 Å². The molecule has 3 heterocycles. The van der Waals surface area contributed by atoms with Gasteiger partial charge in [-0.15, -0.1) is 0 Å². The van der Waals surface area contributed by atoms with Crippen LogP contribution in [0, 0.1) is 0 Å². The molecule has 2 aliphatic heterocycles. The fraction of sp³-hybridized carbons (Fsp3) is 0.391. The first-order chi connectivity index (χ1) is 15.7. The molecular formula is C23H25N3O5S. The number of ether oxygens (including phenoxy) is 4. The van der Waals surface area contributed by atoms with Crippen LogP contribution in [0.4, 0.5) is 5.13 Å². The standard InChI is InChI=1S/C23H25N3O5S/c1-28-17-3-4-18-21(15-17)32-23(24-18)26(7-6-25-8-10-29-11-9-25)22(27)16-2-5-19-20(14-16)31-13-12-30-19/h2-5,14-15H,6-13H2,1H3. The highest BCUT2D eigenvalue weighted by Crippen LogP contribution is 2.34. The molecule has 2 aromatic carbocycles. The monoisotopic (exact) mass is 455 g/mol. The molecule has 1 amide bonds. The number of fused-ring (bicyclic) bond motifs is 2. The number of hydrogen-bond donors (Lipinski definition) is 0. The number of nitrogens with zero attached hydrogens (tertiary/aromatic N) is 3. The van der Waals surface area contributed by atoms with Gasteiger partial charge >= 0.3 is 0 Å². The summed E-state index contributed by atoms with van der Waals surface area (Å²) in [6.07, 6.45) is 0. The average molecular weight is 456 g/mol. The summed E-state index contributed by atoms with van der Waals surface area (Å²) in [5, 5.41) is 0.668. The van der Waals surface area contributed by atoms with Crippen molar-refractivity contribution in [1.82, 2.24) is 9.88 Å². The van der Waals surface area contributed by atoms with Gasteiger partial charge in [0.25, 0.3) is 5.91 Å². The second-order valence-corrected chi connectivity index (χ2v) is 8.61. The Balaban J connectivity index is 1.45. The van der Waals surface area contributed by atoms with Gasteiger partial charge in [0, 0.05) is 31.7 Å². The molecule has 0 unspecified atom stereocenters. The average Bonchev–Trinajstić information content (AvgIpc) is 3.27. The zero-order valence-electron chi connectivity index (χ0n) is 17.9. The van der Waals surface area contributed by atoms with E-state index in [-0.39, 0.29) is 5.91 Å². The van der Waals surface area contributed by atoms with Crippen LogP contribution in [0.2, 0.25) is 0 Å². The summed E-state index contributed by atoms with van der Waals surface area (Å²) in [6, 6.07) is 11.1. The minimum Gasteiger partial charge on any atom is -0.497 e. The van der Waals surface area contributed by atoms with Crippen LogP contribution in [0.15, 0.2) is 36.4 Å². The van der Waals surface area contributed by atoms with Crippen molar-refractivity contribution >= 4 is 32.6 Å². The summed E-state index contributed by atoms with van der Waals surface area (Å²) in [6.45, 7) is 5.44. The fourth-order valence-electron chi connectivity index (χ4n) is 3.82. The highest BCUT2D eigenvalue weighted by molar-refractivity contribution is 7.22. The second-order valence-electron chi connectivity index (χ2n) is 7.60. The zero-order chi connectivity index (χ0) is 21.9. The van der Waals surface area contributed by atoms with Crippen molar-refractivity contribution < 1.29 is 23.7 Å². The molecule has 2 aliphatic rings. The van der Waals surface area contributed by atoms with E-state index in [4.69, 9.17) is 23.9 Å². The van der Waals surface area contributed by atoms with E-state index in [2.05, 4.69) is 4.90 Å². The van der Waals surface area contributed by atoms with Crippen LogP contribution >= 0.6 is 11.3 Å². The third kappa shape index (κ3) is 4.36. The summed E-state index contributed by atoms with van der Waals surface area (Å²) in [7, 11) is 1.64. The van der Waals surface area contributed by atoms with Gasteiger partial charge in [0.15, 0.2) is 16.6 Å². The zero-order valence-corrected chi connectivity index (χ0v) is 18.7. The molecule has 0 spiro atoms. The smallest absolute Gasteiger partial charge is 0.260 e. The van der Waals surface area contributed by atoms with E-state index in [0.29, 0.717) is 42.0 Å². The van der Waals surface area contributed by atoms with Gasteiger partial charge in [-0.2, -0.15) is 0 Å². The molecule has 8 nitrogen and oxygen atoms in total. The van der Waals surface area contributed by atoms with Crippen LogP contribution in [-0.4, -0.2) is 75.5 Å². The highest BCUT2D eigenvalue weighted by Gasteiger charge is 2.24. The number of aromatic nitrogens is 1. The predicted molar refractivity (Wildman–Crippen MR) is 123 cm³/mol. The molecular weight excluding hydrogens is 430 g/mol. The second kappa shape index (κ2) is 9.32. The first-order valence-electron chi connectivity index (χ1n) is 10.7. The molecule has 1 fully saturated rings. The molecule has 0 aliphatic carbocycles. The minimum absolute atomic E-state index is 0.110. The van der Waals surface area contributed by atoms with Gasteiger partial charge in [0.1, 0.15) is 19.0 Å². The van der Waals surface area contributed by atoms with Gasteiger partial charge in [0.05, 0.1) is 30.5 Å². The van der Waals surface area contributed by atoms with Crippen LogP contribution in [-0.2, 0) is 4.74 Å². The van der Waals surface area contributed by atoms with Crippen molar-refractivity contribution in [1.29, 1.82) is 0 Å². The van der Waals surface area contributed by atoms with E-state index < -0.39 is 0 Å². The molecule has 0 atom stereocenters. The van der Waals surface area contributed by atoms with Gasteiger partial charge in [-0.3, -0.25) is 14.6 Å². The molecule has 1 saturated heterocycles. The molecule has 32 heavy (non-hydrogen) atoms. The first-order valence-corrected chi connectivity index (χ1v) is 11.5. The lowest BCUT2D eigenvalue weighted by atomic mass is 10.1. The summed E-state index contributed by atoms with van der Waals surface area (Å²) >= 11 is 1.49. The number of methoxy groups -OCH3 is 1. The SMILES string of the molecule is COc1ccc2nc(N(CCN3CCOCC3)C(=O)c3ccc4c(c3)OCCO4)sc2c1. The third-order valence-corrected chi connectivity index (χ3v) is 6.63. The molecule has 0 N–H and O–H groups in total. The summed E-state index contributed by atoms with van der Waals surface area (Å²) in [5.41, 5.74) is 1.39. The maximum Gasteiger partial charge on any atom is 0.260 e. The Kier molecular flexibility index (Phi) is 6.11. The predicted octanol–water partition coefficient (Wildman–Crippen LogP) is 3.06. The van der Waals surface area contributed by atoms with Crippen LogP contribution in [0.5, 0.6) is 17.2 Å². The Bertz CT molecular complexity index is 1110. The van der Waals surface area contributed by atoms with Gasteiger partial charge in [-0.05, 0) is 36.4 Å². The normalized spacial score (nSPS) is 16.2. The number of carbonyl (C=O) groups is 1. The number of rotatable bonds is 6. The Hall–Kier alpha value is -2.88. The summed E-state index contributed by atoms with van der Waals surface area (Å²) < 4.78 is 23.1. The van der Waals surface area contributed by atoms with Crippen molar-refractivity contribution in [2.24, 2.45) is 0 Å². The van der Waals surface area contributed by atoms with E-state index >= 15 is 0 Å². The van der Waals surface area contributed by atoms with Crippen LogP contribution < -0.4 is 19.1 Å². The Morgan fingerprint density at radius 2 is 1.91 bits per heavy atom. The van der Waals surface area contributed by atoms with E-state index in [0.717, 1.165) is 48.8 Å². The number of amides is 1. The molecule has 168 valence electrons. The topological polar surface area (TPSA) is 73.4 Å². The van der Waals surface area contributed by atoms with Crippen LogP contribution in [0.3, 0.4) is 0 Å². The summed E-state index contributed by atoms with van der Waals surface area (Å²) in [4.78, 5) is 22.5. The quantitative estimate of drug-likeness (QED) is 0.566. The molecule has 9 heteroatoms. The van der Waals surface area contributed by atoms with E-state index in [9.17, 15) is 4.79 Å². The van der Waals surface area contributed by atoms with Crippen molar-refractivity contribution in [3.8, 4) is 17.2 Å². The third-order valence-electron chi connectivity index (χ3n) is 5.59. The van der Waals surface area contributed by atoms with Crippen molar-refractivity contribution in [3.05, 3.63) is 42.0 Å². The van der Waals surface area contributed by atoms with Crippen LogP contribution in [0.25, 0.3) is 10.2 Å². The number of morpholine rings is 1. The molecule has 5 rings (SSSR count). The molecule has 3 aromatic rings. The van der Waals surface area contributed by atoms with Crippen LogP contribution in [0.1, 0.15) is 10.4 Å².